The number of hydrogen-bond acceptors (Lipinski definition) is 6. The second-order valence-corrected chi connectivity index (χ2v) is 11.0. The number of unbranched alkanes of at least 4 members (excludes halogenated alkanes) is 3. The highest BCUT2D eigenvalue weighted by atomic mass is 16.5. The molecule has 9 heteroatoms. The molecule has 3 amide bonds. The summed E-state index contributed by atoms with van der Waals surface area (Å²) in [6, 6.07) is 6.58. The van der Waals surface area contributed by atoms with Crippen molar-refractivity contribution in [2.24, 2.45) is 11.8 Å². The fourth-order valence-corrected chi connectivity index (χ4v) is 6.67. The van der Waals surface area contributed by atoms with Gasteiger partial charge in [0.15, 0.2) is 0 Å². The van der Waals surface area contributed by atoms with E-state index in [-0.39, 0.29) is 24.3 Å². The second kappa shape index (κ2) is 12.1. The number of anilines is 1. The van der Waals surface area contributed by atoms with Crippen LogP contribution in [-0.2, 0) is 19.1 Å². The van der Waals surface area contributed by atoms with E-state index in [1.54, 1.807) is 9.80 Å². The Labute approximate surface area is 236 Å². The molecule has 2 saturated heterocycles. The van der Waals surface area contributed by atoms with Gasteiger partial charge in [0.2, 0.25) is 17.7 Å². The first-order valence-corrected chi connectivity index (χ1v) is 14.7. The summed E-state index contributed by atoms with van der Waals surface area (Å²) in [4.78, 5) is 47.7. The Kier molecular flexibility index (Phi) is 8.61. The number of rotatable bonds is 11. The van der Waals surface area contributed by atoms with E-state index < -0.39 is 29.6 Å². The molecule has 0 radical (unpaired) electrons. The minimum Gasteiger partial charge on any atom is -0.494 e. The molecule has 0 aliphatic carbocycles. The lowest BCUT2D eigenvalue weighted by Gasteiger charge is -2.35. The molecule has 5 rings (SSSR count). The molecule has 4 aliphatic rings. The van der Waals surface area contributed by atoms with E-state index in [2.05, 4.69) is 6.92 Å². The van der Waals surface area contributed by atoms with Gasteiger partial charge in [-0.1, -0.05) is 37.6 Å². The summed E-state index contributed by atoms with van der Waals surface area (Å²) in [7, 11) is 0. The molecule has 40 heavy (non-hydrogen) atoms. The fourth-order valence-electron chi connectivity index (χ4n) is 6.67. The Hall–Kier alpha value is -3.17. The molecule has 5 atom stereocenters. The lowest BCUT2D eigenvalue weighted by Crippen LogP contribution is -2.55. The Morgan fingerprint density at radius 2 is 1.75 bits per heavy atom. The molecule has 216 valence electrons. The minimum atomic E-state index is -1.21. The predicted octanol–water partition coefficient (Wildman–Crippen LogP) is 2.93. The summed E-state index contributed by atoms with van der Waals surface area (Å²) >= 11 is 0. The van der Waals surface area contributed by atoms with Crippen LogP contribution in [0.5, 0.6) is 5.75 Å². The second-order valence-electron chi connectivity index (χ2n) is 11.0. The number of aliphatic hydroxyl groups excluding tert-OH is 1. The maximum absolute atomic E-state index is 14.2. The van der Waals surface area contributed by atoms with Crippen molar-refractivity contribution in [3.63, 3.8) is 0 Å². The zero-order chi connectivity index (χ0) is 28.3. The normalized spacial score (nSPS) is 29.4. The number of hydrogen-bond donors (Lipinski definition) is 1. The fraction of sp³-hybridized carbons (Fsp3) is 0.581. The van der Waals surface area contributed by atoms with Crippen molar-refractivity contribution in [3.05, 3.63) is 48.6 Å². The van der Waals surface area contributed by atoms with Crippen molar-refractivity contribution in [2.75, 3.05) is 44.3 Å². The van der Waals surface area contributed by atoms with Crippen LogP contribution in [0.15, 0.2) is 48.6 Å². The highest BCUT2D eigenvalue weighted by Gasteiger charge is 2.71. The van der Waals surface area contributed by atoms with Crippen LogP contribution >= 0.6 is 0 Å². The Morgan fingerprint density at radius 1 is 0.950 bits per heavy atom. The number of amides is 3. The van der Waals surface area contributed by atoms with Crippen LogP contribution in [-0.4, -0.2) is 89.8 Å². The molecular weight excluding hydrogens is 510 g/mol. The summed E-state index contributed by atoms with van der Waals surface area (Å²) in [5, 5.41) is 9.24. The first-order chi connectivity index (χ1) is 19.5. The molecule has 1 N–H and O–H groups in total. The van der Waals surface area contributed by atoms with Gasteiger partial charge >= 0.3 is 0 Å². The zero-order valence-electron chi connectivity index (χ0n) is 23.5. The number of aliphatic hydroxyl groups is 1. The Balaban J connectivity index is 1.50. The molecule has 1 spiro atoms. The van der Waals surface area contributed by atoms with Crippen LogP contribution in [0.2, 0.25) is 0 Å². The molecule has 9 nitrogen and oxygen atoms in total. The first-order valence-electron chi connectivity index (χ1n) is 14.7. The van der Waals surface area contributed by atoms with E-state index in [1.807, 2.05) is 60.4 Å². The smallest absolute Gasteiger partial charge is 0.249 e. The van der Waals surface area contributed by atoms with Gasteiger partial charge in [-0.25, -0.2) is 0 Å². The number of fused-ring (bicyclic) bond motifs is 2. The summed E-state index contributed by atoms with van der Waals surface area (Å²) in [6.07, 6.45) is 10.9. The van der Waals surface area contributed by atoms with Crippen LogP contribution < -0.4 is 9.64 Å². The van der Waals surface area contributed by atoms with Gasteiger partial charge in [-0.15, -0.1) is 0 Å². The average molecular weight is 552 g/mol. The SMILES string of the molecule is CCCCN1CC=C[C@]23O[C@@H]4C=CCN(c5ccc(OCC)cc5)C(=O)[C@@H]4[C@H]2C(=O)N(CCCCCO)C3C1=O. The largest absolute Gasteiger partial charge is 0.494 e. The Bertz CT molecular complexity index is 1150. The standard InChI is InChI=1S/C31H41N3O6/c1-3-5-17-32-18-10-16-31-26(29(37)34(27(31)30(32)38)19-7-6-8-21-35)25-24(40-31)11-9-20-33(28(25)36)22-12-14-23(15-13-22)39-4-2/h9-16,24-27,35H,3-8,17-21H2,1-2H3/t24-,25+,26+,27?,31+/m1/s1. The van der Waals surface area contributed by atoms with Gasteiger partial charge in [0.1, 0.15) is 17.4 Å². The van der Waals surface area contributed by atoms with Crippen molar-refractivity contribution in [2.45, 2.75) is 63.7 Å². The molecule has 0 bridgehead atoms. The highest BCUT2D eigenvalue weighted by molar-refractivity contribution is 6.03. The van der Waals surface area contributed by atoms with Gasteiger partial charge in [-0.2, -0.15) is 0 Å². The molecule has 1 aromatic carbocycles. The molecule has 1 aromatic rings. The average Bonchev–Trinajstić information content (AvgIpc) is 3.26. The molecule has 1 unspecified atom stereocenters. The molecule has 4 aliphatic heterocycles. The van der Waals surface area contributed by atoms with Gasteiger partial charge in [-0.3, -0.25) is 14.4 Å². The molecular formula is C31H41N3O6. The monoisotopic (exact) mass is 551 g/mol. The predicted molar refractivity (Wildman–Crippen MR) is 151 cm³/mol. The van der Waals surface area contributed by atoms with Gasteiger partial charge in [-0.05, 0) is 56.9 Å². The van der Waals surface area contributed by atoms with Crippen molar-refractivity contribution in [1.82, 2.24) is 9.80 Å². The zero-order valence-corrected chi connectivity index (χ0v) is 23.5. The number of carbonyl (C=O) groups excluding carboxylic acids is 3. The van der Waals surface area contributed by atoms with E-state index in [1.165, 1.54) is 0 Å². The number of nitrogens with zero attached hydrogens (tertiary/aromatic N) is 3. The number of benzene rings is 1. The molecule has 0 aromatic heterocycles. The van der Waals surface area contributed by atoms with E-state index >= 15 is 0 Å². The van der Waals surface area contributed by atoms with E-state index in [0.29, 0.717) is 45.6 Å². The van der Waals surface area contributed by atoms with Gasteiger partial charge in [0, 0.05) is 38.5 Å². The third-order valence-corrected chi connectivity index (χ3v) is 8.54. The third kappa shape index (κ3) is 4.94. The molecule has 4 heterocycles. The number of ether oxygens (including phenoxy) is 2. The topological polar surface area (TPSA) is 99.6 Å². The van der Waals surface area contributed by atoms with Gasteiger partial charge in [0.25, 0.3) is 0 Å². The summed E-state index contributed by atoms with van der Waals surface area (Å²) in [5.41, 5.74) is -0.482. The van der Waals surface area contributed by atoms with Crippen molar-refractivity contribution in [3.8, 4) is 5.75 Å². The summed E-state index contributed by atoms with van der Waals surface area (Å²) in [6.45, 7) is 6.47. The highest BCUT2D eigenvalue weighted by Crippen LogP contribution is 2.53. The van der Waals surface area contributed by atoms with Crippen LogP contribution in [0.3, 0.4) is 0 Å². The molecule has 0 saturated carbocycles. The van der Waals surface area contributed by atoms with Crippen molar-refractivity contribution < 1.29 is 29.0 Å². The Morgan fingerprint density at radius 3 is 2.48 bits per heavy atom. The van der Waals surface area contributed by atoms with E-state index in [4.69, 9.17) is 9.47 Å². The maximum atomic E-state index is 14.2. The first kappa shape index (κ1) is 28.4. The number of carbonyl (C=O) groups is 3. The summed E-state index contributed by atoms with van der Waals surface area (Å²) in [5.74, 6) is -1.32. The third-order valence-electron chi connectivity index (χ3n) is 8.54. The number of likely N-dealkylation sites (tertiary alicyclic amines) is 1. The van der Waals surface area contributed by atoms with Gasteiger partial charge < -0.3 is 29.3 Å². The van der Waals surface area contributed by atoms with Crippen molar-refractivity contribution in [1.29, 1.82) is 0 Å². The maximum Gasteiger partial charge on any atom is 0.249 e. The lowest BCUT2D eigenvalue weighted by molar-refractivity contribution is -0.147. The van der Waals surface area contributed by atoms with Crippen LogP contribution in [0.4, 0.5) is 5.69 Å². The van der Waals surface area contributed by atoms with E-state index in [0.717, 1.165) is 30.7 Å². The van der Waals surface area contributed by atoms with Gasteiger partial charge in [0.05, 0.1) is 24.5 Å². The minimum absolute atomic E-state index is 0.0888. The quantitative estimate of drug-likeness (QED) is 0.335. The lowest BCUT2D eigenvalue weighted by atomic mass is 9.77. The van der Waals surface area contributed by atoms with Crippen molar-refractivity contribution >= 4 is 23.4 Å². The van der Waals surface area contributed by atoms with Crippen LogP contribution in [0, 0.1) is 11.8 Å². The van der Waals surface area contributed by atoms with E-state index in [9.17, 15) is 19.5 Å². The summed E-state index contributed by atoms with van der Waals surface area (Å²) < 4.78 is 12.3. The van der Waals surface area contributed by atoms with Crippen LogP contribution in [0.1, 0.15) is 46.0 Å². The molecule has 2 fully saturated rings. The van der Waals surface area contributed by atoms with Crippen LogP contribution in [0.25, 0.3) is 0 Å².